The van der Waals surface area contributed by atoms with E-state index >= 15 is 0 Å². The summed E-state index contributed by atoms with van der Waals surface area (Å²) in [5.74, 6) is -0.344. The van der Waals surface area contributed by atoms with Crippen molar-refractivity contribution < 1.29 is 16.8 Å². The molecule has 0 saturated heterocycles. The first-order chi connectivity index (χ1) is 8.35. The third-order valence-electron chi connectivity index (χ3n) is 1.98. The quantitative estimate of drug-likeness (QED) is 0.629. The first kappa shape index (κ1) is 14.9. The van der Waals surface area contributed by atoms with Crippen molar-refractivity contribution in [1.82, 2.24) is 9.44 Å². The Bertz CT molecular complexity index is 569. The van der Waals surface area contributed by atoms with Crippen molar-refractivity contribution in [1.29, 1.82) is 0 Å². The molecule has 0 unspecified atom stereocenters. The van der Waals surface area contributed by atoms with E-state index in [0.29, 0.717) is 5.69 Å². The molecule has 0 fully saturated rings. The summed E-state index contributed by atoms with van der Waals surface area (Å²) in [4.78, 5) is 0. The Balaban J connectivity index is 2.51. The molecule has 3 N–H and O–H groups in total. The second kappa shape index (κ2) is 6.14. The minimum Gasteiger partial charge on any atom is -0.284 e. The summed E-state index contributed by atoms with van der Waals surface area (Å²) >= 11 is 0. The van der Waals surface area contributed by atoms with Gasteiger partial charge >= 0.3 is 0 Å². The smallest absolute Gasteiger partial charge is 0.276 e. The monoisotopic (exact) mass is 293 g/mol. The zero-order valence-electron chi connectivity index (χ0n) is 9.75. The van der Waals surface area contributed by atoms with Crippen LogP contribution in [0.15, 0.2) is 30.3 Å². The minimum absolute atomic E-state index is 0.203. The van der Waals surface area contributed by atoms with E-state index in [-0.39, 0.29) is 12.3 Å². The fraction of sp³-hybridized carbons (Fsp3) is 0.333. The molecule has 1 aromatic carbocycles. The van der Waals surface area contributed by atoms with Gasteiger partial charge in [0.15, 0.2) is 0 Å². The largest absolute Gasteiger partial charge is 0.284 e. The molecule has 0 aromatic heterocycles. The van der Waals surface area contributed by atoms with Crippen LogP contribution < -0.4 is 14.2 Å². The van der Waals surface area contributed by atoms with E-state index in [2.05, 4.69) is 9.44 Å². The van der Waals surface area contributed by atoms with Crippen molar-refractivity contribution in [2.24, 2.45) is 0 Å². The van der Waals surface area contributed by atoms with Gasteiger partial charge < -0.3 is 0 Å². The van der Waals surface area contributed by atoms with Crippen LogP contribution in [0.2, 0.25) is 0 Å². The normalized spacial score (nSPS) is 12.3. The van der Waals surface area contributed by atoms with Crippen LogP contribution in [0.25, 0.3) is 0 Å². The number of hydrogen-bond donors (Lipinski definition) is 3. The molecule has 0 saturated carbocycles. The third kappa shape index (κ3) is 5.45. The lowest BCUT2D eigenvalue weighted by atomic mass is 10.3. The van der Waals surface area contributed by atoms with Crippen LogP contribution in [0.4, 0.5) is 5.69 Å². The molecule has 0 heterocycles. The van der Waals surface area contributed by atoms with Crippen molar-refractivity contribution in [3.8, 4) is 0 Å². The van der Waals surface area contributed by atoms with Gasteiger partial charge in [-0.15, -0.1) is 0 Å². The number of anilines is 1. The lowest BCUT2D eigenvalue weighted by Crippen LogP contribution is -2.37. The molecule has 7 nitrogen and oxygen atoms in total. The Morgan fingerprint density at radius 2 is 1.67 bits per heavy atom. The van der Waals surface area contributed by atoms with Crippen LogP contribution in [0.3, 0.4) is 0 Å². The van der Waals surface area contributed by atoms with E-state index in [9.17, 15) is 16.8 Å². The highest BCUT2D eigenvalue weighted by atomic mass is 32.2. The van der Waals surface area contributed by atoms with Crippen LogP contribution in [0, 0.1) is 0 Å². The van der Waals surface area contributed by atoms with Crippen LogP contribution in [-0.4, -0.2) is 36.2 Å². The van der Waals surface area contributed by atoms with Gasteiger partial charge in [0, 0.05) is 19.3 Å². The molecule has 0 aliphatic heterocycles. The first-order valence-electron chi connectivity index (χ1n) is 5.08. The van der Waals surface area contributed by atoms with Crippen molar-refractivity contribution in [3.63, 3.8) is 0 Å². The van der Waals surface area contributed by atoms with Gasteiger partial charge in [0.25, 0.3) is 10.2 Å². The van der Waals surface area contributed by atoms with E-state index in [1.807, 2.05) is 4.72 Å². The molecule has 1 aromatic rings. The maximum absolute atomic E-state index is 11.6. The number of benzene rings is 1. The highest BCUT2D eigenvalue weighted by molar-refractivity contribution is 7.92. The summed E-state index contributed by atoms with van der Waals surface area (Å²) in [7, 11) is -5.94. The van der Waals surface area contributed by atoms with Gasteiger partial charge in [0.2, 0.25) is 10.0 Å². The molecule has 9 heteroatoms. The number of rotatable bonds is 7. The standard InChI is InChI=1S/C9H15N3O4S2/c1-10-18(15,16)11-7-8-17(13,14)12-9-5-3-2-4-6-9/h2-6,10-12H,7-8H2,1H3. The summed E-state index contributed by atoms with van der Waals surface area (Å²) in [6.07, 6.45) is 0. The van der Waals surface area contributed by atoms with Crippen molar-refractivity contribution in [2.75, 3.05) is 24.1 Å². The maximum Gasteiger partial charge on any atom is 0.276 e. The summed E-state index contributed by atoms with van der Waals surface area (Å²) in [6, 6.07) is 8.37. The Labute approximate surface area is 107 Å². The van der Waals surface area contributed by atoms with Gasteiger partial charge in [-0.2, -0.15) is 8.42 Å². The SMILES string of the molecule is CNS(=O)(=O)NCCS(=O)(=O)Nc1ccccc1. The number of sulfonamides is 1. The molecule has 0 bridgehead atoms. The number of hydrogen-bond acceptors (Lipinski definition) is 4. The molecule has 0 atom stereocenters. The Morgan fingerprint density at radius 1 is 1.06 bits per heavy atom. The van der Waals surface area contributed by atoms with Crippen molar-refractivity contribution >= 4 is 25.9 Å². The van der Waals surface area contributed by atoms with Crippen LogP contribution in [-0.2, 0) is 20.2 Å². The minimum atomic E-state index is -3.61. The average molecular weight is 293 g/mol. The fourth-order valence-corrected chi connectivity index (χ4v) is 2.73. The van der Waals surface area contributed by atoms with Crippen molar-refractivity contribution in [2.45, 2.75) is 0 Å². The maximum atomic E-state index is 11.6. The summed E-state index contributed by atoms with van der Waals surface area (Å²) in [5.41, 5.74) is 0.439. The second-order valence-electron chi connectivity index (χ2n) is 3.39. The Morgan fingerprint density at radius 3 is 2.22 bits per heavy atom. The predicted octanol–water partition coefficient (Wildman–Crippen LogP) is -0.518. The molecule has 0 amide bonds. The summed E-state index contributed by atoms with van der Waals surface area (Å²) in [5, 5.41) is 0. The molecular weight excluding hydrogens is 278 g/mol. The Kier molecular flexibility index (Phi) is 5.08. The van der Waals surface area contributed by atoms with Gasteiger partial charge in [-0.3, -0.25) is 4.72 Å². The van der Waals surface area contributed by atoms with Crippen LogP contribution in [0.5, 0.6) is 0 Å². The number of para-hydroxylation sites is 1. The van der Waals surface area contributed by atoms with Crippen LogP contribution >= 0.6 is 0 Å². The van der Waals surface area contributed by atoms with Gasteiger partial charge in [-0.25, -0.2) is 17.9 Å². The lowest BCUT2D eigenvalue weighted by Gasteiger charge is -2.08. The van der Waals surface area contributed by atoms with E-state index < -0.39 is 20.2 Å². The van der Waals surface area contributed by atoms with Gasteiger partial charge in [-0.05, 0) is 12.1 Å². The molecule has 0 spiro atoms. The summed E-state index contributed by atoms with van der Waals surface area (Å²) < 4.78 is 51.7. The van der Waals surface area contributed by atoms with E-state index in [0.717, 1.165) is 0 Å². The number of nitrogens with one attached hydrogen (secondary N) is 3. The molecule has 0 aliphatic rings. The van der Waals surface area contributed by atoms with E-state index in [1.165, 1.54) is 7.05 Å². The average Bonchev–Trinajstić information content (AvgIpc) is 2.29. The molecule has 0 radical (unpaired) electrons. The van der Waals surface area contributed by atoms with E-state index in [1.54, 1.807) is 30.3 Å². The predicted molar refractivity (Wildman–Crippen MR) is 69.8 cm³/mol. The van der Waals surface area contributed by atoms with Gasteiger partial charge in [-0.1, -0.05) is 18.2 Å². The zero-order valence-corrected chi connectivity index (χ0v) is 11.4. The summed E-state index contributed by atoms with van der Waals surface area (Å²) in [6.45, 7) is -0.203. The molecular formula is C9H15N3O4S2. The van der Waals surface area contributed by atoms with E-state index in [4.69, 9.17) is 0 Å². The Hall–Kier alpha value is -1.16. The van der Waals surface area contributed by atoms with Gasteiger partial charge in [0.05, 0.1) is 5.75 Å². The molecule has 0 aliphatic carbocycles. The second-order valence-corrected chi connectivity index (χ2v) is 6.93. The van der Waals surface area contributed by atoms with Gasteiger partial charge in [0.1, 0.15) is 0 Å². The first-order valence-corrected chi connectivity index (χ1v) is 8.22. The lowest BCUT2D eigenvalue weighted by molar-refractivity contribution is 0.574. The highest BCUT2D eigenvalue weighted by Gasteiger charge is 2.12. The zero-order chi connectivity index (χ0) is 13.6. The molecule has 1 rings (SSSR count). The topological polar surface area (TPSA) is 104 Å². The molecule has 18 heavy (non-hydrogen) atoms. The molecule has 102 valence electrons. The van der Waals surface area contributed by atoms with Crippen molar-refractivity contribution in [3.05, 3.63) is 30.3 Å². The van der Waals surface area contributed by atoms with Crippen LogP contribution in [0.1, 0.15) is 0 Å². The third-order valence-corrected chi connectivity index (χ3v) is 4.39. The fourth-order valence-electron chi connectivity index (χ4n) is 1.12. The highest BCUT2D eigenvalue weighted by Crippen LogP contribution is 2.07.